The number of methoxy groups -OCH3 is 2. The number of benzene rings is 2. The van der Waals surface area contributed by atoms with Crippen LogP contribution in [0.2, 0.25) is 0 Å². The van der Waals surface area contributed by atoms with E-state index in [1.807, 2.05) is 36.4 Å². The second-order valence-electron chi connectivity index (χ2n) is 7.26. The Kier molecular flexibility index (Phi) is 6.62. The van der Waals surface area contributed by atoms with Gasteiger partial charge in [-0.15, -0.1) is 0 Å². The van der Waals surface area contributed by atoms with Gasteiger partial charge in [-0.05, 0) is 30.7 Å². The van der Waals surface area contributed by atoms with Crippen LogP contribution in [0.4, 0.5) is 11.4 Å². The second-order valence-corrected chi connectivity index (χ2v) is 7.26. The number of pyridine rings is 1. The number of ether oxygens (including phenoxy) is 2. The molecule has 0 fully saturated rings. The van der Waals surface area contributed by atoms with Crippen molar-refractivity contribution in [3.05, 3.63) is 66.6 Å². The van der Waals surface area contributed by atoms with E-state index in [-0.39, 0.29) is 6.61 Å². The van der Waals surface area contributed by atoms with E-state index in [1.165, 1.54) is 6.20 Å². The number of anilines is 2. The fourth-order valence-corrected chi connectivity index (χ4v) is 3.59. The zero-order valence-corrected chi connectivity index (χ0v) is 18.4. The molecule has 0 amide bonds. The summed E-state index contributed by atoms with van der Waals surface area (Å²) >= 11 is 0. The van der Waals surface area contributed by atoms with Crippen LogP contribution >= 0.6 is 0 Å². The minimum absolute atomic E-state index is 0.0636. The predicted molar refractivity (Wildman–Crippen MR) is 126 cm³/mol. The lowest BCUT2D eigenvalue weighted by Crippen LogP contribution is -2.19. The highest BCUT2D eigenvalue weighted by molar-refractivity contribution is 5.83. The number of hydrogen-bond donors (Lipinski definition) is 1. The number of aromatic nitrogens is 3. The van der Waals surface area contributed by atoms with Gasteiger partial charge in [-0.25, -0.2) is 4.98 Å². The minimum atomic E-state index is 0.0636. The summed E-state index contributed by atoms with van der Waals surface area (Å²) in [6.07, 6.45) is 5.39. The van der Waals surface area contributed by atoms with Crippen molar-refractivity contribution >= 4 is 22.4 Å². The summed E-state index contributed by atoms with van der Waals surface area (Å²) < 4.78 is 10.9. The summed E-state index contributed by atoms with van der Waals surface area (Å²) in [5.74, 6) is 1.34. The Bertz CT molecular complexity index is 1300. The Labute approximate surface area is 191 Å². The highest BCUT2D eigenvalue weighted by Crippen LogP contribution is 2.34. The molecule has 0 saturated carbocycles. The Morgan fingerprint density at radius 3 is 2.45 bits per heavy atom. The Hall–Kier alpha value is -4.22. The van der Waals surface area contributed by atoms with Gasteiger partial charge < -0.3 is 19.5 Å². The molecule has 33 heavy (non-hydrogen) atoms. The lowest BCUT2D eigenvalue weighted by atomic mass is 10.1. The average Bonchev–Trinajstić information content (AvgIpc) is 2.88. The zero-order chi connectivity index (χ0) is 23.2. The van der Waals surface area contributed by atoms with Crippen LogP contribution in [0.15, 0.2) is 61.1 Å². The van der Waals surface area contributed by atoms with E-state index in [2.05, 4.69) is 20.9 Å². The van der Waals surface area contributed by atoms with Crippen molar-refractivity contribution in [2.24, 2.45) is 0 Å². The van der Waals surface area contributed by atoms with Crippen LogP contribution in [0.25, 0.3) is 22.3 Å². The standard InChI is InChI=1S/C25H23N5O3/c1-32-20-10-19(11-21(13-20)33-2)30(8-3-9-31)18-4-5-23-24(12-18)29-25(16-28-23)22-6-7-27-15-17(22)14-26/h4-7,10-13,15-16,31H,3,8-9H2,1-2H3. The molecular formula is C25H23N5O3. The van der Waals surface area contributed by atoms with Crippen molar-refractivity contribution < 1.29 is 14.6 Å². The number of rotatable bonds is 8. The van der Waals surface area contributed by atoms with E-state index in [1.54, 1.807) is 32.7 Å². The number of aliphatic hydroxyl groups is 1. The van der Waals surface area contributed by atoms with Crippen molar-refractivity contribution in [2.45, 2.75) is 6.42 Å². The van der Waals surface area contributed by atoms with Gasteiger partial charge in [0.15, 0.2) is 0 Å². The molecule has 2 heterocycles. The van der Waals surface area contributed by atoms with Crippen molar-refractivity contribution in [3.63, 3.8) is 0 Å². The second kappa shape index (κ2) is 9.94. The zero-order valence-electron chi connectivity index (χ0n) is 18.4. The molecule has 4 aromatic rings. The summed E-state index contributed by atoms with van der Waals surface area (Å²) in [6, 6.07) is 15.4. The van der Waals surface area contributed by atoms with Crippen molar-refractivity contribution in [2.75, 3.05) is 32.3 Å². The third-order valence-electron chi connectivity index (χ3n) is 5.24. The predicted octanol–water partition coefficient (Wildman–Crippen LogP) is 4.10. The first-order chi connectivity index (χ1) is 16.2. The van der Waals surface area contributed by atoms with Crippen molar-refractivity contribution in [1.29, 1.82) is 5.26 Å². The van der Waals surface area contributed by atoms with Crippen LogP contribution in [0.1, 0.15) is 12.0 Å². The smallest absolute Gasteiger partial charge is 0.124 e. The molecule has 1 N–H and O–H groups in total. The van der Waals surface area contributed by atoms with E-state index in [9.17, 15) is 10.4 Å². The van der Waals surface area contributed by atoms with Gasteiger partial charge in [0, 0.05) is 60.7 Å². The third kappa shape index (κ3) is 4.68. The lowest BCUT2D eigenvalue weighted by molar-refractivity contribution is 0.291. The molecule has 0 unspecified atom stereocenters. The maximum atomic E-state index is 9.46. The topological polar surface area (TPSA) is 104 Å². The normalized spacial score (nSPS) is 10.6. The third-order valence-corrected chi connectivity index (χ3v) is 5.24. The quantitative estimate of drug-likeness (QED) is 0.436. The highest BCUT2D eigenvalue weighted by Gasteiger charge is 2.15. The fraction of sp³-hybridized carbons (Fsp3) is 0.200. The summed E-state index contributed by atoms with van der Waals surface area (Å²) in [7, 11) is 3.22. The molecule has 0 aliphatic rings. The molecule has 0 radical (unpaired) electrons. The molecule has 8 heteroatoms. The summed E-state index contributed by atoms with van der Waals surface area (Å²) in [6.45, 7) is 0.641. The van der Waals surface area contributed by atoms with Gasteiger partial charge in [0.25, 0.3) is 0 Å². The maximum absolute atomic E-state index is 9.46. The van der Waals surface area contributed by atoms with Crippen LogP contribution in [0.5, 0.6) is 11.5 Å². The number of aliphatic hydroxyl groups excluding tert-OH is 1. The number of nitriles is 1. The first-order valence-corrected chi connectivity index (χ1v) is 10.4. The SMILES string of the molecule is COc1cc(OC)cc(N(CCCO)c2ccc3ncc(-c4ccncc4C#N)nc3c2)c1. The molecule has 166 valence electrons. The summed E-state index contributed by atoms with van der Waals surface area (Å²) in [4.78, 5) is 15.4. The molecule has 0 bridgehead atoms. The van der Waals surface area contributed by atoms with Crippen LogP contribution in [0.3, 0.4) is 0 Å². The Balaban J connectivity index is 1.81. The molecule has 0 atom stereocenters. The van der Waals surface area contributed by atoms with Crippen LogP contribution < -0.4 is 14.4 Å². The van der Waals surface area contributed by atoms with Gasteiger partial charge in [-0.2, -0.15) is 5.26 Å². The molecule has 2 aromatic carbocycles. The summed E-state index contributed by atoms with van der Waals surface area (Å²) in [5.41, 5.74) is 4.90. The molecule has 0 saturated heterocycles. The van der Waals surface area contributed by atoms with Crippen molar-refractivity contribution in [3.8, 4) is 28.8 Å². The first-order valence-electron chi connectivity index (χ1n) is 10.4. The molecule has 4 rings (SSSR count). The van der Waals surface area contributed by atoms with Crippen LogP contribution in [-0.2, 0) is 0 Å². The summed E-state index contributed by atoms with van der Waals surface area (Å²) in [5, 5.41) is 18.9. The monoisotopic (exact) mass is 441 g/mol. The first kappa shape index (κ1) is 22.0. The fourth-order valence-electron chi connectivity index (χ4n) is 3.59. The van der Waals surface area contributed by atoms with Gasteiger partial charge in [0.2, 0.25) is 0 Å². The van der Waals surface area contributed by atoms with E-state index in [0.717, 1.165) is 16.9 Å². The van der Waals surface area contributed by atoms with Gasteiger partial charge in [0.1, 0.15) is 17.6 Å². The molecular weight excluding hydrogens is 418 g/mol. The van der Waals surface area contributed by atoms with E-state index in [0.29, 0.717) is 46.8 Å². The molecule has 0 aliphatic heterocycles. The van der Waals surface area contributed by atoms with E-state index >= 15 is 0 Å². The molecule has 2 aromatic heterocycles. The van der Waals surface area contributed by atoms with Crippen LogP contribution in [0, 0.1) is 11.3 Å². The number of nitrogens with zero attached hydrogens (tertiary/aromatic N) is 5. The average molecular weight is 441 g/mol. The largest absolute Gasteiger partial charge is 0.497 e. The van der Waals surface area contributed by atoms with Gasteiger partial charge in [-0.1, -0.05) is 0 Å². The van der Waals surface area contributed by atoms with Gasteiger partial charge >= 0.3 is 0 Å². The van der Waals surface area contributed by atoms with E-state index in [4.69, 9.17) is 14.5 Å². The van der Waals surface area contributed by atoms with Crippen LogP contribution in [-0.4, -0.2) is 47.4 Å². The van der Waals surface area contributed by atoms with E-state index < -0.39 is 0 Å². The molecule has 0 spiro atoms. The minimum Gasteiger partial charge on any atom is -0.497 e. The number of hydrogen-bond acceptors (Lipinski definition) is 8. The van der Waals surface area contributed by atoms with Gasteiger partial charge in [0.05, 0.1) is 42.7 Å². The lowest BCUT2D eigenvalue weighted by Gasteiger charge is -2.26. The van der Waals surface area contributed by atoms with Gasteiger partial charge in [-0.3, -0.25) is 9.97 Å². The highest BCUT2D eigenvalue weighted by atomic mass is 16.5. The Morgan fingerprint density at radius 2 is 1.76 bits per heavy atom. The Morgan fingerprint density at radius 1 is 0.970 bits per heavy atom. The van der Waals surface area contributed by atoms with Crippen molar-refractivity contribution in [1.82, 2.24) is 15.0 Å². The maximum Gasteiger partial charge on any atom is 0.124 e. The molecule has 8 nitrogen and oxygen atoms in total. The molecule has 0 aliphatic carbocycles. The number of fused-ring (bicyclic) bond motifs is 1.